The molecule has 3 rings (SSSR count). The van der Waals surface area contributed by atoms with Gasteiger partial charge in [0.05, 0.1) is 5.69 Å². The van der Waals surface area contributed by atoms with Gasteiger partial charge in [-0.05, 0) is 48.9 Å². The van der Waals surface area contributed by atoms with Gasteiger partial charge in [0.2, 0.25) is 5.82 Å². The number of aryl methyl sites for hydroxylation is 1. The molecule has 0 unspecified atom stereocenters. The third-order valence-electron chi connectivity index (χ3n) is 3.41. The van der Waals surface area contributed by atoms with Gasteiger partial charge in [0.15, 0.2) is 0 Å². The van der Waals surface area contributed by atoms with Crippen molar-refractivity contribution in [3.05, 3.63) is 71.6 Å². The average Bonchev–Trinajstić information content (AvgIpc) is 2.95. The summed E-state index contributed by atoms with van der Waals surface area (Å²) < 4.78 is 14.5. The minimum Gasteiger partial charge on any atom is -0.508 e. The minimum absolute atomic E-state index is 0.0250. The maximum absolute atomic E-state index is 13.0. The van der Waals surface area contributed by atoms with E-state index in [1.54, 1.807) is 43.3 Å². The molecule has 7 heteroatoms. The topological polar surface area (TPSA) is 80.0 Å². The molecular formula is C17H15FN4O2. The van der Waals surface area contributed by atoms with Crippen LogP contribution in [0.1, 0.15) is 22.0 Å². The molecule has 1 aromatic heterocycles. The predicted octanol–water partition coefficient (Wildman–Crippen LogP) is 2.35. The number of benzene rings is 2. The highest BCUT2D eigenvalue weighted by Crippen LogP contribution is 2.12. The normalized spacial score (nSPS) is 10.6. The summed E-state index contributed by atoms with van der Waals surface area (Å²) in [6.07, 6.45) is 0. The lowest BCUT2D eigenvalue weighted by Crippen LogP contribution is -2.24. The molecule has 0 saturated heterocycles. The Kier molecular flexibility index (Phi) is 4.24. The molecule has 2 N–H and O–H groups in total. The van der Waals surface area contributed by atoms with Crippen LogP contribution in [0.15, 0.2) is 48.5 Å². The summed E-state index contributed by atoms with van der Waals surface area (Å²) in [5, 5.41) is 16.3. The SMILES string of the molecule is Cc1nc(C(=O)NCc2cccc(O)c2)nn1-c1ccc(F)cc1. The molecule has 3 aromatic rings. The second kappa shape index (κ2) is 6.49. The number of halogens is 1. The fourth-order valence-corrected chi connectivity index (χ4v) is 2.24. The van der Waals surface area contributed by atoms with Crippen LogP contribution in [0.5, 0.6) is 5.75 Å². The Hall–Kier alpha value is -3.22. The van der Waals surface area contributed by atoms with Gasteiger partial charge in [-0.15, -0.1) is 5.10 Å². The summed E-state index contributed by atoms with van der Waals surface area (Å²) in [5.74, 6) is -0.0969. The first kappa shape index (κ1) is 15.7. The summed E-state index contributed by atoms with van der Waals surface area (Å²) in [4.78, 5) is 16.3. The average molecular weight is 326 g/mol. The zero-order chi connectivity index (χ0) is 17.1. The van der Waals surface area contributed by atoms with E-state index in [4.69, 9.17) is 0 Å². The molecule has 2 aromatic carbocycles. The van der Waals surface area contributed by atoms with E-state index < -0.39 is 5.91 Å². The molecule has 0 atom stereocenters. The van der Waals surface area contributed by atoms with Gasteiger partial charge in [-0.2, -0.15) is 0 Å². The van der Waals surface area contributed by atoms with Gasteiger partial charge in [0.25, 0.3) is 5.91 Å². The van der Waals surface area contributed by atoms with Crippen LogP contribution < -0.4 is 5.32 Å². The molecule has 0 saturated carbocycles. The first-order valence-corrected chi connectivity index (χ1v) is 7.28. The minimum atomic E-state index is -0.428. The van der Waals surface area contributed by atoms with Gasteiger partial charge >= 0.3 is 0 Å². The lowest BCUT2D eigenvalue weighted by molar-refractivity contribution is 0.0940. The number of aromatic nitrogens is 3. The zero-order valence-electron chi connectivity index (χ0n) is 12.9. The van der Waals surface area contributed by atoms with Gasteiger partial charge in [-0.1, -0.05) is 12.1 Å². The van der Waals surface area contributed by atoms with Crippen molar-refractivity contribution < 1.29 is 14.3 Å². The number of hydrogen-bond donors (Lipinski definition) is 2. The monoisotopic (exact) mass is 326 g/mol. The second-order valence-electron chi connectivity index (χ2n) is 5.22. The highest BCUT2D eigenvalue weighted by Gasteiger charge is 2.15. The third kappa shape index (κ3) is 3.40. The number of phenolic OH excluding ortho intramolecular Hbond substituents is 1. The van der Waals surface area contributed by atoms with E-state index in [-0.39, 0.29) is 23.9 Å². The number of hydrogen-bond acceptors (Lipinski definition) is 4. The smallest absolute Gasteiger partial charge is 0.291 e. The van der Waals surface area contributed by atoms with E-state index in [2.05, 4.69) is 15.4 Å². The standard InChI is InChI=1S/C17H15FN4O2/c1-11-20-16(21-22(11)14-7-5-13(18)6-8-14)17(24)19-10-12-3-2-4-15(23)9-12/h2-9,23H,10H2,1H3,(H,19,24). The van der Waals surface area contributed by atoms with E-state index in [1.807, 2.05) is 0 Å². The summed E-state index contributed by atoms with van der Waals surface area (Å²) in [5.41, 5.74) is 1.38. The van der Waals surface area contributed by atoms with Crippen LogP contribution in [0, 0.1) is 12.7 Å². The van der Waals surface area contributed by atoms with E-state index in [0.717, 1.165) is 5.56 Å². The Balaban J connectivity index is 1.74. The summed E-state index contributed by atoms with van der Waals surface area (Å²) in [7, 11) is 0. The maximum Gasteiger partial charge on any atom is 0.291 e. The molecule has 1 amide bonds. The van der Waals surface area contributed by atoms with Crippen molar-refractivity contribution >= 4 is 5.91 Å². The van der Waals surface area contributed by atoms with Crippen LogP contribution in [-0.4, -0.2) is 25.8 Å². The van der Waals surface area contributed by atoms with Crippen LogP contribution in [0.2, 0.25) is 0 Å². The van der Waals surface area contributed by atoms with Crippen molar-refractivity contribution in [2.45, 2.75) is 13.5 Å². The van der Waals surface area contributed by atoms with Crippen LogP contribution in [-0.2, 0) is 6.54 Å². The number of rotatable bonds is 4. The van der Waals surface area contributed by atoms with Gasteiger partial charge in [-0.3, -0.25) is 4.79 Å². The predicted molar refractivity (Wildman–Crippen MR) is 85.3 cm³/mol. The van der Waals surface area contributed by atoms with E-state index in [0.29, 0.717) is 11.5 Å². The molecule has 0 spiro atoms. The number of phenols is 1. The highest BCUT2D eigenvalue weighted by atomic mass is 19.1. The lowest BCUT2D eigenvalue weighted by Gasteiger charge is -2.03. The van der Waals surface area contributed by atoms with E-state index in [9.17, 15) is 14.3 Å². The molecule has 122 valence electrons. The Morgan fingerprint density at radius 1 is 1.25 bits per heavy atom. The molecule has 0 bridgehead atoms. The van der Waals surface area contributed by atoms with Gasteiger partial charge < -0.3 is 10.4 Å². The summed E-state index contributed by atoms with van der Waals surface area (Å²) in [6.45, 7) is 1.96. The number of nitrogens with zero attached hydrogens (tertiary/aromatic N) is 3. The van der Waals surface area contributed by atoms with Gasteiger partial charge in [0.1, 0.15) is 17.4 Å². The maximum atomic E-state index is 13.0. The van der Waals surface area contributed by atoms with Crippen molar-refractivity contribution in [1.82, 2.24) is 20.1 Å². The number of carbonyl (C=O) groups excluding carboxylic acids is 1. The highest BCUT2D eigenvalue weighted by molar-refractivity contribution is 5.90. The van der Waals surface area contributed by atoms with Gasteiger partial charge in [0, 0.05) is 6.54 Å². The number of carbonyl (C=O) groups is 1. The summed E-state index contributed by atoms with van der Waals surface area (Å²) in [6, 6.07) is 12.4. The molecule has 0 radical (unpaired) electrons. The molecular weight excluding hydrogens is 311 g/mol. The van der Waals surface area contributed by atoms with Crippen molar-refractivity contribution in [3.63, 3.8) is 0 Å². The van der Waals surface area contributed by atoms with Crippen molar-refractivity contribution in [1.29, 1.82) is 0 Å². The van der Waals surface area contributed by atoms with Crippen LogP contribution in [0.4, 0.5) is 4.39 Å². The molecule has 24 heavy (non-hydrogen) atoms. The lowest BCUT2D eigenvalue weighted by atomic mass is 10.2. The van der Waals surface area contributed by atoms with Crippen molar-refractivity contribution in [2.24, 2.45) is 0 Å². The fraction of sp³-hybridized carbons (Fsp3) is 0.118. The zero-order valence-corrected chi connectivity index (χ0v) is 12.9. The van der Waals surface area contributed by atoms with E-state index in [1.165, 1.54) is 16.8 Å². The van der Waals surface area contributed by atoms with Gasteiger partial charge in [-0.25, -0.2) is 14.1 Å². The number of aromatic hydroxyl groups is 1. The largest absolute Gasteiger partial charge is 0.508 e. The molecule has 1 heterocycles. The molecule has 0 aliphatic carbocycles. The van der Waals surface area contributed by atoms with E-state index >= 15 is 0 Å². The molecule has 0 fully saturated rings. The molecule has 6 nitrogen and oxygen atoms in total. The fourth-order valence-electron chi connectivity index (χ4n) is 2.24. The van der Waals surface area contributed by atoms with Crippen LogP contribution in [0.3, 0.4) is 0 Å². The first-order valence-electron chi connectivity index (χ1n) is 7.28. The number of nitrogens with one attached hydrogen (secondary N) is 1. The Morgan fingerprint density at radius 3 is 2.71 bits per heavy atom. The summed E-state index contributed by atoms with van der Waals surface area (Å²) >= 11 is 0. The Labute approximate surface area is 137 Å². The quantitative estimate of drug-likeness (QED) is 0.771. The van der Waals surface area contributed by atoms with Crippen molar-refractivity contribution in [2.75, 3.05) is 0 Å². The molecule has 0 aliphatic heterocycles. The van der Waals surface area contributed by atoms with Crippen LogP contribution in [0.25, 0.3) is 5.69 Å². The molecule has 0 aliphatic rings. The third-order valence-corrected chi connectivity index (χ3v) is 3.41. The first-order chi connectivity index (χ1) is 11.5. The Bertz CT molecular complexity index is 875. The number of amides is 1. The van der Waals surface area contributed by atoms with Crippen molar-refractivity contribution in [3.8, 4) is 11.4 Å². The Morgan fingerprint density at radius 2 is 2.00 bits per heavy atom. The second-order valence-corrected chi connectivity index (χ2v) is 5.22. The van der Waals surface area contributed by atoms with Crippen LogP contribution >= 0.6 is 0 Å².